The van der Waals surface area contributed by atoms with Crippen LogP contribution in [0.25, 0.3) is 5.57 Å². The quantitative estimate of drug-likeness (QED) is 0.788. The van der Waals surface area contributed by atoms with Crippen molar-refractivity contribution in [3.8, 4) is 5.88 Å². The predicted molar refractivity (Wildman–Crippen MR) is 82.1 cm³/mol. The summed E-state index contributed by atoms with van der Waals surface area (Å²) in [5, 5.41) is 4.40. The van der Waals surface area contributed by atoms with Gasteiger partial charge in [0.25, 0.3) is 0 Å². The minimum Gasteiger partial charge on any atom is -0.478 e. The van der Waals surface area contributed by atoms with Gasteiger partial charge in [0, 0.05) is 24.6 Å². The second-order valence-corrected chi connectivity index (χ2v) is 6.85. The fourth-order valence-corrected chi connectivity index (χ4v) is 2.50. The van der Waals surface area contributed by atoms with Crippen LogP contribution in [0.5, 0.6) is 5.88 Å². The molecule has 0 atom stereocenters. The van der Waals surface area contributed by atoms with Crippen molar-refractivity contribution in [1.82, 2.24) is 9.78 Å². The number of fused-ring (bicyclic) bond motifs is 1. The van der Waals surface area contributed by atoms with Gasteiger partial charge in [0.05, 0.1) is 23.5 Å². The lowest BCUT2D eigenvalue weighted by Gasteiger charge is -2.32. The van der Waals surface area contributed by atoms with E-state index in [0.717, 1.165) is 13.0 Å². The third-order valence-electron chi connectivity index (χ3n) is 4.71. The van der Waals surface area contributed by atoms with Crippen LogP contribution in [-0.4, -0.2) is 34.7 Å². The highest BCUT2D eigenvalue weighted by Crippen LogP contribution is 2.40. The van der Waals surface area contributed by atoms with Crippen LogP contribution in [-0.2, 0) is 15.9 Å². The highest BCUT2D eigenvalue weighted by Gasteiger charge is 2.53. The van der Waals surface area contributed by atoms with E-state index in [2.05, 4.69) is 5.10 Å². The first-order chi connectivity index (χ1) is 10.2. The van der Waals surface area contributed by atoms with Crippen LogP contribution in [0, 0.1) is 0 Å². The van der Waals surface area contributed by atoms with Crippen molar-refractivity contribution >= 4 is 12.7 Å². The molecule has 3 rings (SSSR count). The minimum atomic E-state index is -0.996. The lowest BCUT2D eigenvalue weighted by Crippen LogP contribution is -2.41. The first kappa shape index (κ1) is 15.6. The molecule has 0 spiro atoms. The highest BCUT2D eigenvalue weighted by molar-refractivity contribution is 6.55. The first-order valence-corrected chi connectivity index (χ1v) is 7.64. The number of hydrogen-bond donors (Lipinski definition) is 0. The van der Waals surface area contributed by atoms with Gasteiger partial charge >= 0.3 is 7.12 Å². The maximum atomic E-state index is 14.8. The molecule has 7 heteroatoms. The van der Waals surface area contributed by atoms with Gasteiger partial charge in [-0.2, -0.15) is 5.10 Å². The topological polar surface area (TPSA) is 45.5 Å². The van der Waals surface area contributed by atoms with Crippen LogP contribution in [0.1, 0.15) is 46.7 Å². The number of aryl methyl sites for hydroxylation is 1. The molecule has 2 aliphatic heterocycles. The molecule has 1 fully saturated rings. The molecule has 1 saturated heterocycles. The number of rotatable bonds is 2. The van der Waals surface area contributed by atoms with Gasteiger partial charge in [0.1, 0.15) is 5.73 Å². The van der Waals surface area contributed by atoms with Crippen molar-refractivity contribution in [3.05, 3.63) is 17.5 Å². The summed E-state index contributed by atoms with van der Waals surface area (Å²) in [5.74, 6) is 0.683. The number of nitrogens with zero attached hydrogens (tertiary/aromatic N) is 2. The second kappa shape index (κ2) is 5.10. The van der Waals surface area contributed by atoms with Gasteiger partial charge in [-0.05, 0) is 34.6 Å². The third kappa shape index (κ3) is 2.46. The Morgan fingerprint density at radius 1 is 1.27 bits per heavy atom. The van der Waals surface area contributed by atoms with Gasteiger partial charge in [-0.25, -0.2) is 9.07 Å². The third-order valence-corrected chi connectivity index (χ3v) is 4.71. The van der Waals surface area contributed by atoms with E-state index >= 15 is 0 Å². The van der Waals surface area contributed by atoms with E-state index in [-0.39, 0.29) is 0 Å². The molecule has 0 aromatic carbocycles. The van der Waals surface area contributed by atoms with Gasteiger partial charge in [0.15, 0.2) is 0 Å². The van der Waals surface area contributed by atoms with Crippen LogP contribution in [0.2, 0.25) is 0 Å². The fraction of sp³-hybridized carbons (Fsp3) is 0.667. The maximum Gasteiger partial charge on any atom is 0.525 e. The largest absolute Gasteiger partial charge is 0.525 e. The average Bonchev–Trinajstić information content (AvgIpc) is 2.96. The second-order valence-electron chi connectivity index (χ2n) is 6.85. The molecule has 2 aliphatic rings. The predicted octanol–water partition coefficient (Wildman–Crippen LogP) is 3.00. The summed E-state index contributed by atoms with van der Waals surface area (Å²) in [7, 11) is -0.996. The summed E-state index contributed by atoms with van der Waals surface area (Å²) in [6.45, 7) is 10.8. The van der Waals surface area contributed by atoms with Crippen molar-refractivity contribution in [2.75, 3.05) is 6.61 Å². The van der Waals surface area contributed by atoms with Gasteiger partial charge in [-0.15, -0.1) is 0 Å². The number of ether oxygens (including phenoxy) is 1. The maximum absolute atomic E-state index is 14.8. The van der Waals surface area contributed by atoms with E-state index in [1.54, 1.807) is 17.7 Å². The Hall–Kier alpha value is -1.34. The Morgan fingerprint density at radius 2 is 1.91 bits per heavy atom. The Bertz CT molecular complexity index is 585. The Balaban J connectivity index is 1.88. The number of allylic oxidation sites excluding steroid dienone is 1. The molecule has 0 radical (unpaired) electrons. The van der Waals surface area contributed by atoms with Gasteiger partial charge < -0.3 is 14.0 Å². The summed E-state index contributed by atoms with van der Waals surface area (Å²) in [6.07, 6.45) is 0.913. The zero-order valence-electron chi connectivity index (χ0n) is 13.8. The van der Waals surface area contributed by atoms with Crippen LogP contribution >= 0.6 is 0 Å². The summed E-state index contributed by atoms with van der Waals surface area (Å²) in [4.78, 5) is 0. The molecule has 22 heavy (non-hydrogen) atoms. The van der Waals surface area contributed by atoms with E-state index in [9.17, 15) is 4.39 Å². The van der Waals surface area contributed by atoms with E-state index in [0.29, 0.717) is 23.8 Å². The molecule has 5 nitrogen and oxygen atoms in total. The van der Waals surface area contributed by atoms with Crippen LogP contribution in [0.3, 0.4) is 0 Å². The Kier molecular flexibility index (Phi) is 3.60. The molecular formula is C15H22BFN2O3. The number of aromatic nitrogens is 2. The highest BCUT2D eigenvalue weighted by atomic mass is 19.1. The van der Waals surface area contributed by atoms with Crippen LogP contribution in [0.4, 0.5) is 4.39 Å². The molecule has 3 heterocycles. The first-order valence-electron chi connectivity index (χ1n) is 7.64. The smallest absolute Gasteiger partial charge is 0.478 e. The number of halogens is 1. The molecule has 0 N–H and O–H groups in total. The van der Waals surface area contributed by atoms with Gasteiger partial charge in [0.2, 0.25) is 5.88 Å². The standard InChI is InChI=1S/C15H22BFN2O3/c1-10(11-9-12-19(18-11)7-6-8-20-12)13(17)16-21-14(2,3)15(4,5)22-16/h9H,6-8H2,1-5H3. The minimum absolute atomic E-state index is 0.420. The monoisotopic (exact) mass is 308 g/mol. The Morgan fingerprint density at radius 3 is 2.50 bits per heavy atom. The molecule has 0 saturated carbocycles. The molecule has 1 aromatic rings. The van der Waals surface area contributed by atoms with Crippen molar-refractivity contribution in [1.29, 1.82) is 0 Å². The van der Waals surface area contributed by atoms with Crippen molar-refractivity contribution in [3.63, 3.8) is 0 Å². The van der Waals surface area contributed by atoms with Gasteiger partial charge in [-0.1, -0.05) is 0 Å². The molecule has 0 bridgehead atoms. The van der Waals surface area contributed by atoms with Gasteiger partial charge in [-0.3, -0.25) is 0 Å². The average molecular weight is 308 g/mol. The van der Waals surface area contributed by atoms with E-state index < -0.39 is 24.0 Å². The van der Waals surface area contributed by atoms with E-state index in [4.69, 9.17) is 14.0 Å². The molecule has 0 unspecified atom stereocenters. The SMILES string of the molecule is CC(=C(F)B1OC(C)(C)C(C)(C)O1)c1cc2n(n1)CCCO2. The van der Waals surface area contributed by atoms with Crippen molar-refractivity contribution in [2.45, 2.75) is 58.8 Å². The summed E-state index contributed by atoms with van der Waals surface area (Å²) >= 11 is 0. The summed E-state index contributed by atoms with van der Waals surface area (Å²) in [6, 6.07) is 1.76. The summed E-state index contributed by atoms with van der Waals surface area (Å²) < 4.78 is 33.6. The van der Waals surface area contributed by atoms with Crippen molar-refractivity contribution in [2.24, 2.45) is 0 Å². The van der Waals surface area contributed by atoms with Crippen molar-refractivity contribution < 1.29 is 18.4 Å². The molecular weight excluding hydrogens is 286 g/mol. The number of hydrogen-bond acceptors (Lipinski definition) is 4. The zero-order chi connectivity index (χ0) is 16.1. The molecule has 1 aromatic heterocycles. The fourth-order valence-electron chi connectivity index (χ4n) is 2.50. The lowest BCUT2D eigenvalue weighted by molar-refractivity contribution is 0.00578. The van der Waals surface area contributed by atoms with E-state index in [1.165, 1.54) is 0 Å². The van der Waals surface area contributed by atoms with E-state index in [1.807, 2.05) is 27.7 Å². The molecule has 0 aliphatic carbocycles. The lowest BCUT2D eigenvalue weighted by atomic mass is 9.84. The molecule has 120 valence electrons. The Labute approximate surface area is 130 Å². The van der Waals surface area contributed by atoms with Crippen LogP contribution in [0.15, 0.2) is 11.8 Å². The normalized spacial score (nSPS) is 23.8. The molecule has 0 amide bonds. The zero-order valence-corrected chi connectivity index (χ0v) is 13.8. The van der Waals surface area contributed by atoms with Crippen LogP contribution < -0.4 is 4.74 Å². The summed E-state index contributed by atoms with van der Waals surface area (Å²) in [5.41, 5.74) is -0.584.